The van der Waals surface area contributed by atoms with E-state index in [0.717, 1.165) is 46.9 Å². The summed E-state index contributed by atoms with van der Waals surface area (Å²) in [5.74, 6) is -0.142. The second-order valence-electron chi connectivity index (χ2n) is 7.50. The molecule has 2 amide bonds. The lowest BCUT2D eigenvalue weighted by Crippen LogP contribution is -2.34. The third-order valence-electron chi connectivity index (χ3n) is 5.55. The van der Waals surface area contributed by atoms with Crippen molar-refractivity contribution < 1.29 is 19.5 Å². The molecule has 0 atom stereocenters. The average molecular weight is 437 g/mol. The summed E-state index contributed by atoms with van der Waals surface area (Å²) in [6, 6.07) is 10.6. The number of rotatable bonds is 4. The van der Waals surface area contributed by atoms with Gasteiger partial charge in [-0.15, -0.1) is 11.3 Å². The van der Waals surface area contributed by atoms with Gasteiger partial charge >= 0.3 is 5.97 Å². The molecule has 0 unspecified atom stereocenters. The van der Waals surface area contributed by atoms with Crippen LogP contribution in [0.15, 0.2) is 36.4 Å². The molecule has 2 N–H and O–H groups in total. The molecule has 0 spiro atoms. The highest BCUT2D eigenvalue weighted by atomic mass is 32.1. The van der Waals surface area contributed by atoms with Gasteiger partial charge in [-0.3, -0.25) is 9.59 Å². The van der Waals surface area contributed by atoms with Crippen molar-refractivity contribution in [3.05, 3.63) is 57.3 Å². The number of aromatic nitrogens is 2. The predicted molar refractivity (Wildman–Crippen MR) is 116 cm³/mol. The first-order chi connectivity index (χ1) is 14.9. The Bertz CT molecular complexity index is 1230. The van der Waals surface area contributed by atoms with Crippen molar-refractivity contribution >= 4 is 46.4 Å². The van der Waals surface area contributed by atoms with Crippen LogP contribution in [0.3, 0.4) is 0 Å². The fourth-order valence-corrected chi connectivity index (χ4v) is 4.67. The van der Waals surface area contributed by atoms with E-state index in [4.69, 9.17) is 5.11 Å². The van der Waals surface area contributed by atoms with Gasteiger partial charge in [-0.25, -0.2) is 9.48 Å². The number of carbonyl (C=O) groups is 3. The maximum atomic E-state index is 12.5. The Morgan fingerprint density at radius 1 is 1.10 bits per heavy atom. The van der Waals surface area contributed by atoms with Gasteiger partial charge in [-0.1, -0.05) is 0 Å². The van der Waals surface area contributed by atoms with Gasteiger partial charge in [-0.05, 0) is 42.3 Å². The molecule has 5 rings (SSSR count). The van der Waals surface area contributed by atoms with Crippen molar-refractivity contribution in [2.75, 3.05) is 30.4 Å². The largest absolute Gasteiger partial charge is 0.477 e. The third-order valence-corrected chi connectivity index (χ3v) is 6.62. The summed E-state index contributed by atoms with van der Waals surface area (Å²) in [6.45, 7) is 2.12. The van der Waals surface area contributed by atoms with E-state index in [-0.39, 0.29) is 10.8 Å². The zero-order chi connectivity index (χ0) is 21.7. The Hall–Kier alpha value is -3.66. The van der Waals surface area contributed by atoms with Crippen LogP contribution in [-0.4, -0.2) is 57.7 Å². The van der Waals surface area contributed by atoms with Crippen molar-refractivity contribution in [1.29, 1.82) is 0 Å². The molecule has 2 aromatic heterocycles. The van der Waals surface area contributed by atoms with Crippen LogP contribution in [0.4, 0.5) is 17.3 Å². The Labute approximate surface area is 181 Å². The number of carbonyl (C=O) groups excluding carboxylic acids is 2. The number of carboxylic acid groups (broad SMARTS) is 1. The second-order valence-corrected chi connectivity index (χ2v) is 8.59. The zero-order valence-electron chi connectivity index (χ0n) is 16.7. The molecular formula is C21H19N5O4S. The van der Waals surface area contributed by atoms with Crippen LogP contribution in [-0.2, 0) is 13.0 Å². The fraction of sp³-hybridized carbons (Fsp3) is 0.238. The van der Waals surface area contributed by atoms with E-state index in [1.807, 2.05) is 23.9 Å². The van der Waals surface area contributed by atoms with Crippen LogP contribution in [0.2, 0.25) is 0 Å². The maximum absolute atomic E-state index is 12.5. The molecule has 9 nitrogen and oxygen atoms in total. The van der Waals surface area contributed by atoms with Crippen molar-refractivity contribution in [1.82, 2.24) is 14.7 Å². The van der Waals surface area contributed by atoms with E-state index in [1.54, 1.807) is 11.0 Å². The number of thiophene rings is 1. The molecule has 0 radical (unpaired) electrons. The van der Waals surface area contributed by atoms with Crippen molar-refractivity contribution in [2.24, 2.45) is 0 Å². The normalized spacial score (nSPS) is 15.1. The molecule has 10 heteroatoms. The molecule has 4 heterocycles. The molecule has 0 aliphatic carbocycles. The second kappa shape index (κ2) is 7.24. The number of aromatic carboxylic acids is 1. The van der Waals surface area contributed by atoms with Crippen molar-refractivity contribution in [3.8, 4) is 0 Å². The monoisotopic (exact) mass is 437 g/mol. The number of likely N-dealkylation sites (N-methyl/N-ethyl adjacent to an activating group) is 1. The van der Waals surface area contributed by atoms with Gasteiger partial charge in [0.25, 0.3) is 11.8 Å². The summed E-state index contributed by atoms with van der Waals surface area (Å²) in [5, 5.41) is 16.2. The molecule has 31 heavy (non-hydrogen) atoms. The van der Waals surface area contributed by atoms with Crippen LogP contribution in [0.1, 0.15) is 35.3 Å². The van der Waals surface area contributed by atoms with Crippen LogP contribution in [0, 0.1) is 0 Å². The Morgan fingerprint density at radius 3 is 2.68 bits per heavy atom. The fourth-order valence-electron chi connectivity index (χ4n) is 3.93. The van der Waals surface area contributed by atoms with E-state index >= 15 is 0 Å². The summed E-state index contributed by atoms with van der Waals surface area (Å²) >= 11 is 0.922. The number of carboxylic acids is 1. The number of amides is 2. The van der Waals surface area contributed by atoms with Crippen molar-refractivity contribution in [3.63, 3.8) is 0 Å². The molecular weight excluding hydrogens is 418 g/mol. The Kier molecular flexibility index (Phi) is 4.51. The predicted octanol–water partition coefficient (Wildman–Crippen LogP) is 2.67. The molecule has 1 aromatic carbocycles. The topological polar surface area (TPSA) is 108 Å². The molecule has 0 fully saturated rings. The van der Waals surface area contributed by atoms with Gasteiger partial charge in [0.05, 0.1) is 11.4 Å². The van der Waals surface area contributed by atoms with E-state index in [2.05, 4.69) is 21.4 Å². The van der Waals surface area contributed by atoms with Crippen LogP contribution in [0.25, 0.3) is 0 Å². The molecule has 3 aromatic rings. The first kappa shape index (κ1) is 19.3. The number of fused-ring (bicyclic) bond motifs is 2. The lowest BCUT2D eigenvalue weighted by molar-refractivity contribution is 0.0701. The van der Waals surface area contributed by atoms with Gasteiger partial charge in [0.1, 0.15) is 10.7 Å². The van der Waals surface area contributed by atoms with E-state index in [1.165, 1.54) is 12.1 Å². The highest BCUT2D eigenvalue weighted by Crippen LogP contribution is 2.34. The van der Waals surface area contributed by atoms with Crippen LogP contribution >= 0.6 is 11.3 Å². The van der Waals surface area contributed by atoms with Gasteiger partial charge in [-0.2, -0.15) is 5.10 Å². The van der Waals surface area contributed by atoms with E-state index in [0.29, 0.717) is 23.8 Å². The van der Waals surface area contributed by atoms with Crippen LogP contribution < -0.4 is 10.2 Å². The van der Waals surface area contributed by atoms with Gasteiger partial charge in [0.15, 0.2) is 5.82 Å². The van der Waals surface area contributed by atoms with E-state index < -0.39 is 11.9 Å². The molecule has 0 bridgehead atoms. The Balaban J connectivity index is 1.36. The first-order valence-corrected chi connectivity index (χ1v) is 10.6. The van der Waals surface area contributed by atoms with Crippen LogP contribution in [0.5, 0.6) is 0 Å². The lowest BCUT2D eigenvalue weighted by atomic mass is 9.98. The quantitative estimate of drug-likeness (QED) is 0.650. The molecule has 0 saturated heterocycles. The van der Waals surface area contributed by atoms with E-state index in [9.17, 15) is 14.4 Å². The van der Waals surface area contributed by atoms with Gasteiger partial charge in [0, 0.05) is 37.5 Å². The number of hydrogen-bond donors (Lipinski definition) is 2. The summed E-state index contributed by atoms with van der Waals surface area (Å²) in [7, 11) is 1.81. The number of nitrogens with one attached hydrogen (secondary N) is 1. The summed E-state index contributed by atoms with van der Waals surface area (Å²) in [5.41, 5.74) is 2.77. The van der Waals surface area contributed by atoms with Crippen molar-refractivity contribution in [2.45, 2.75) is 13.0 Å². The minimum absolute atomic E-state index is 0.0453. The minimum atomic E-state index is -1.06. The third kappa shape index (κ3) is 3.34. The number of anilines is 3. The van der Waals surface area contributed by atoms with Gasteiger partial charge in [0.2, 0.25) is 0 Å². The molecule has 2 aliphatic heterocycles. The first-order valence-electron chi connectivity index (χ1n) is 9.79. The standard InChI is InChI=1S/C21H19N5O4S/c1-24-7-6-12-10-13(2-3-14(12)20(24)28)25-8-9-26-18(25)11-17(23-26)22-19(27)15-4-5-16(31-15)21(29)30/h2-5,10-11H,6-9H2,1H3,(H,29,30)(H,22,23,27). The average Bonchev–Trinajstić information content (AvgIpc) is 3.46. The minimum Gasteiger partial charge on any atom is -0.477 e. The summed E-state index contributed by atoms with van der Waals surface area (Å²) in [4.78, 5) is 40.1. The SMILES string of the molecule is CN1CCc2cc(N3CCn4nc(NC(=O)c5ccc(C(=O)O)s5)cc43)ccc2C1=O. The lowest BCUT2D eigenvalue weighted by Gasteiger charge is -2.26. The maximum Gasteiger partial charge on any atom is 0.345 e. The molecule has 2 aliphatic rings. The van der Waals surface area contributed by atoms with Gasteiger partial charge < -0.3 is 20.2 Å². The zero-order valence-corrected chi connectivity index (χ0v) is 17.5. The smallest absolute Gasteiger partial charge is 0.345 e. The summed E-state index contributed by atoms with van der Waals surface area (Å²) < 4.78 is 1.82. The number of nitrogens with zero attached hydrogens (tertiary/aromatic N) is 4. The number of hydrogen-bond acceptors (Lipinski definition) is 6. The molecule has 0 saturated carbocycles. The highest BCUT2D eigenvalue weighted by Gasteiger charge is 2.27. The summed E-state index contributed by atoms with van der Waals surface area (Å²) in [6.07, 6.45) is 0.818. The number of benzene rings is 1. The Morgan fingerprint density at radius 2 is 1.90 bits per heavy atom. The highest BCUT2D eigenvalue weighted by molar-refractivity contribution is 7.15. The molecule has 158 valence electrons.